The molecule has 27 heavy (non-hydrogen) atoms. The highest BCUT2D eigenvalue weighted by atomic mass is 19.1. The largest absolute Gasteiger partial charge is 0.497 e. The fourth-order valence-corrected chi connectivity index (χ4v) is 2.47. The molecule has 0 aliphatic rings. The summed E-state index contributed by atoms with van der Waals surface area (Å²) in [4.78, 5) is 25.6. The molecule has 144 valence electrons. The predicted octanol–water partition coefficient (Wildman–Crippen LogP) is 2.06. The summed E-state index contributed by atoms with van der Waals surface area (Å²) in [5.74, 6) is 0.0541. The number of amides is 2. The molecular formula is C20H24FN3O3. The van der Waals surface area contributed by atoms with Crippen LogP contribution in [0.4, 0.5) is 10.1 Å². The number of methoxy groups -OCH3 is 1. The summed E-state index contributed by atoms with van der Waals surface area (Å²) >= 11 is 0. The van der Waals surface area contributed by atoms with E-state index < -0.39 is 0 Å². The molecule has 2 N–H and O–H groups in total. The van der Waals surface area contributed by atoms with Gasteiger partial charge in [0, 0.05) is 12.2 Å². The Balaban J connectivity index is 1.67. The number of ether oxygens (including phenoxy) is 1. The van der Waals surface area contributed by atoms with E-state index in [1.807, 2.05) is 0 Å². The Morgan fingerprint density at radius 3 is 2.26 bits per heavy atom. The highest BCUT2D eigenvalue weighted by Crippen LogP contribution is 2.14. The second kappa shape index (κ2) is 10.3. The second-order valence-corrected chi connectivity index (χ2v) is 6.18. The maximum atomic E-state index is 12.8. The number of halogens is 1. The normalized spacial score (nSPS) is 10.5. The van der Waals surface area contributed by atoms with Crippen LogP contribution in [0.2, 0.25) is 0 Å². The van der Waals surface area contributed by atoms with E-state index >= 15 is 0 Å². The molecule has 0 aliphatic carbocycles. The van der Waals surface area contributed by atoms with Crippen LogP contribution >= 0.6 is 0 Å². The van der Waals surface area contributed by atoms with E-state index in [9.17, 15) is 14.0 Å². The van der Waals surface area contributed by atoms with Crippen LogP contribution in [0.5, 0.6) is 5.75 Å². The van der Waals surface area contributed by atoms with Crippen LogP contribution in [-0.4, -0.2) is 50.5 Å². The standard InChI is InChI=1S/C20H24FN3O3/c1-24(14-20(26)23-17-7-9-18(27-2)10-8-17)13-19(25)22-12-11-15-3-5-16(21)6-4-15/h3-10H,11-14H2,1-2H3,(H,22,25)(H,23,26). The van der Waals surface area contributed by atoms with Gasteiger partial charge in [0.2, 0.25) is 11.8 Å². The Kier molecular flexibility index (Phi) is 7.76. The van der Waals surface area contributed by atoms with Crippen molar-refractivity contribution in [3.05, 3.63) is 59.9 Å². The third-order valence-electron chi connectivity index (χ3n) is 3.85. The van der Waals surface area contributed by atoms with Crippen molar-refractivity contribution in [2.45, 2.75) is 6.42 Å². The van der Waals surface area contributed by atoms with Crippen LogP contribution < -0.4 is 15.4 Å². The lowest BCUT2D eigenvalue weighted by Crippen LogP contribution is -2.39. The highest BCUT2D eigenvalue weighted by Gasteiger charge is 2.11. The summed E-state index contributed by atoms with van der Waals surface area (Å²) < 4.78 is 17.9. The van der Waals surface area contributed by atoms with Gasteiger partial charge in [-0.3, -0.25) is 14.5 Å². The Morgan fingerprint density at radius 1 is 1.00 bits per heavy atom. The van der Waals surface area contributed by atoms with E-state index in [0.29, 0.717) is 24.4 Å². The summed E-state index contributed by atoms with van der Waals surface area (Å²) in [6, 6.07) is 13.2. The summed E-state index contributed by atoms with van der Waals surface area (Å²) in [6.45, 7) is 0.660. The zero-order valence-corrected chi connectivity index (χ0v) is 15.5. The Morgan fingerprint density at radius 2 is 1.63 bits per heavy atom. The second-order valence-electron chi connectivity index (χ2n) is 6.18. The molecule has 6 nitrogen and oxygen atoms in total. The monoisotopic (exact) mass is 373 g/mol. The van der Waals surface area contributed by atoms with Gasteiger partial charge in [0.15, 0.2) is 0 Å². The number of rotatable bonds is 9. The molecule has 2 aromatic rings. The zero-order valence-electron chi connectivity index (χ0n) is 15.5. The Labute approximate surface area is 158 Å². The minimum atomic E-state index is -0.280. The first kappa shape index (κ1) is 20.4. The van der Waals surface area contributed by atoms with E-state index in [2.05, 4.69) is 10.6 Å². The molecule has 2 rings (SSSR count). The molecule has 7 heteroatoms. The van der Waals surface area contributed by atoms with Crippen molar-refractivity contribution in [2.75, 3.05) is 39.1 Å². The van der Waals surface area contributed by atoms with Crippen molar-refractivity contribution < 1.29 is 18.7 Å². The number of hydrogen-bond acceptors (Lipinski definition) is 4. The maximum Gasteiger partial charge on any atom is 0.238 e. The van der Waals surface area contributed by atoms with Crippen molar-refractivity contribution in [3.8, 4) is 5.75 Å². The molecule has 0 aromatic heterocycles. The van der Waals surface area contributed by atoms with Crippen LogP contribution in [0.1, 0.15) is 5.56 Å². The van der Waals surface area contributed by atoms with E-state index in [-0.39, 0.29) is 30.7 Å². The molecule has 0 spiro atoms. The Hall–Kier alpha value is -2.93. The number of nitrogens with one attached hydrogen (secondary N) is 2. The lowest BCUT2D eigenvalue weighted by atomic mass is 10.1. The van der Waals surface area contributed by atoms with Gasteiger partial charge in [0.25, 0.3) is 0 Å². The van der Waals surface area contributed by atoms with Crippen LogP contribution in [0.25, 0.3) is 0 Å². The molecule has 2 aromatic carbocycles. The molecular weight excluding hydrogens is 349 g/mol. The summed E-state index contributed by atoms with van der Waals surface area (Å²) in [5.41, 5.74) is 1.61. The fraction of sp³-hybridized carbons (Fsp3) is 0.300. The van der Waals surface area contributed by atoms with Crippen LogP contribution in [0.3, 0.4) is 0 Å². The van der Waals surface area contributed by atoms with Crippen molar-refractivity contribution in [2.24, 2.45) is 0 Å². The number of benzene rings is 2. The van der Waals surface area contributed by atoms with Gasteiger partial charge in [0.05, 0.1) is 20.2 Å². The van der Waals surface area contributed by atoms with E-state index in [0.717, 1.165) is 5.56 Å². The quantitative estimate of drug-likeness (QED) is 0.706. The number of carbonyl (C=O) groups excluding carboxylic acids is 2. The number of anilines is 1. The van der Waals surface area contributed by atoms with Gasteiger partial charge in [0.1, 0.15) is 11.6 Å². The molecule has 0 bridgehead atoms. The summed E-state index contributed by atoms with van der Waals surface area (Å²) in [6.07, 6.45) is 0.619. The van der Waals surface area contributed by atoms with E-state index in [1.165, 1.54) is 12.1 Å². The fourth-order valence-electron chi connectivity index (χ4n) is 2.47. The maximum absolute atomic E-state index is 12.8. The number of carbonyl (C=O) groups is 2. The highest BCUT2D eigenvalue weighted by molar-refractivity contribution is 5.92. The first-order valence-corrected chi connectivity index (χ1v) is 8.60. The zero-order chi connectivity index (χ0) is 19.6. The van der Waals surface area contributed by atoms with Crippen molar-refractivity contribution in [1.29, 1.82) is 0 Å². The van der Waals surface area contributed by atoms with E-state index in [1.54, 1.807) is 55.5 Å². The molecule has 0 saturated heterocycles. The van der Waals surface area contributed by atoms with Crippen LogP contribution in [0, 0.1) is 5.82 Å². The van der Waals surface area contributed by atoms with Gasteiger partial charge in [-0.05, 0) is 55.4 Å². The smallest absolute Gasteiger partial charge is 0.238 e. The topological polar surface area (TPSA) is 70.7 Å². The summed E-state index contributed by atoms with van der Waals surface area (Å²) in [7, 11) is 3.28. The van der Waals surface area contributed by atoms with Gasteiger partial charge in [-0.15, -0.1) is 0 Å². The molecule has 0 saturated carbocycles. The minimum absolute atomic E-state index is 0.0947. The summed E-state index contributed by atoms with van der Waals surface area (Å²) in [5, 5.41) is 5.56. The van der Waals surface area contributed by atoms with Gasteiger partial charge < -0.3 is 15.4 Å². The minimum Gasteiger partial charge on any atom is -0.497 e. The van der Waals surface area contributed by atoms with Gasteiger partial charge >= 0.3 is 0 Å². The molecule has 0 aliphatic heterocycles. The first-order valence-electron chi connectivity index (χ1n) is 8.60. The molecule has 0 heterocycles. The molecule has 0 fully saturated rings. The van der Waals surface area contributed by atoms with Crippen molar-refractivity contribution >= 4 is 17.5 Å². The number of hydrogen-bond donors (Lipinski definition) is 2. The third-order valence-corrected chi connectivity index (χ3v) is 3.85. The van der Waals surface area contributed by atoms with Crippen molar-refractivity contribution in [1.82, 2.24) is 10.2 Å². The average Bonchev–Trinajstić information content (AvgIpc) is 2.63. The molecule has 0 radical (unpaired) electrons. The molecule has 0 atom stereocenters. The van der Waals surface area contributed by atoms with Crippen molar-refractivity contribution in [3.63, 3.8) is 0 Å². The van der Waals surface area contributed by atoms with Gasteiger partial charge in [-0.2, -0.15) is 0 Å². The van der Waals surface area contributed by atoms with Gasteiger partial charge in [-0.25, -0.2) is 4.39 Å². The third kappa shape index (κ3) is 7.45. The first-order chi connectivity index (χ1) is 13.0. The Bertz CT molecular complexity index is 748. The average molecular weight is 373 g/mol. The van der Waals surface area contributed by atoms with Crippen LogP contribution in [-0.2, 0) is 16.0 Å². The lowest BCUT2D eigenvalue weighted by Gasteiger charge is -2.16. The van der Waals surface area contributed by atoms with Gasteiger partial charge in [-0.1, -0.05) is 12.1 Å². The SMILES string of the molecule is COc1ccc(NC(=O)CN(C)CC(=O)NCCc2ccc(F)cc2)cc1. The lowest BCUT2D eigenvalue weighted by molar-refractivity contribution is -0.122. The number of likely N-dealkylation sites (N-methyl/N-ethyl adjacent to an activating group) is 1. The predicted molar refractivity (Wildman–Crippen MR) is 102 cm³/mol. The number of nitrogens with zero attached hydrogens (tertiary/aromatic N) is 1. The van der Waals surface area contributed by atoms with Crippen LogP contribution in [0.15, 0.2) is 48.5 Å². The molecule has 0 unspecified atom stereocenters. The van der Waals surface area contributed by atoms with E-state index in [4.69, 9.17) is 4.74 Å². The molecule has 2 amide bonds.